The molecule has 1 aromatic rings. The van der Waals surface area contributed by atoms with E-state index in [-0.39, 0.29) is 0 Å². The van der Waals surface area contributed by atoms with Crippen LogP contribution >= 0.6 is 0 Å². The normalized spacial score (nSPS) is 16.8. The van der Waals surface area contributed by atoms with Crippen LogP contribution in [0.1, 0.15) is 64.1 Å². The van der Waals surface area contributed by atoms with Gasteiger partial charge < -0.3 is 5.32 Å². The lowest BCUT2D eigenvalue weighted by Crippen LogP contribution is -2.36. The van der Waals surface area contributed by atoms with Gasteiger partial charge in [-0.25, -0.2) is 0 Å². The van der Waals surface area contributed by atoms with Crippen molar-refractivity contribution in [1.29, 1.82) is 0 Å². The van der Waals surface area contributed by atoms with Crippen molar-refractivity contribution < 1.29 is 0 Å². The Morgan fingerprint density at radius 3 is 2.57 bits per heavy atom. The molecule has 1 heterocycles. The predicted molar refractivity (Wildman–Crippen MR) is 89.2 cm³/mol. The van der Waals surface area contributed by atoms with Crippen molar-refractivity contribution in [3.05, 3.63) is 29.6 Å². The third-order valence-corrected chi connectivity index (χ3v) is 4.46. The van der Waals surface area contributed by atoms with Crippen LogP contribution in [0.3, 0.4) is 0 Å². The number of hydrogen-bond donors (Lipinski definition) is 1. The molecule has 2 rings (SSSR count). The van der Waals surface area contributed by atoms with Crippen molar-refractivity contribution in [3.63, 3.8) is 0 Å². The van der Waals surface area contributed by atoms with Crippen molar-refractivity contribution in [2.24, 2.45) is 0 Å². The Morgan fingerprint density at radius 2 is 2.00 bits per heavy atom. The Morgan fingerprint density at radius 1 is 1.24 bits per heavy atom. The quantitative estimate of drug-likeness (QED) is 0.829. The largest absolute Gasteiger partial charge is 0.310 e. The van der Waals surface area contributed by atoms with Gasteiger partial charge in [-0.15, -0.1) is 0 Å². The molecule has 0 atom stereocenters. The van der Waals surface area contributed by atoms with Crippen molar-refractivity contribution in [2.45, 2.75) is 78.0 Å². The average molecular weight is 289 g/mol. The molecule has 1 fully saturated rings. The third kappa shape index (κ3) is 5.40. The van der Waals surface area contributed by atoms with E-state index in [1.165, 1.54) is 43.4 Å². The average Bonchev–Trinajstić information content (AvgIpc) is 2.52. The molecule has 0 saturated heterocycles. The minimum absolute atomic E-state index is 0.520. The van der Waals surface area contributed by atoms with Crippen molar-refractivity contribution in [3.8, 4) is 0 Å². The molecule has 0 aromatic carbocycles. The molecule has 1 aliphatic carbocycles. The number of nitrogens with zero attached hydrogens (tertiary/aromatic N) is 2. The Hall–Kier alpha value is -0.930. The van der Waals surface area contributed by atoms with Gasteiger partial charge in [0.25, 0.3) is 0 Å². The minimum atomic E-state index is 0.520. The number of hydrogen-bond acceptors (Lipinski definition) is 3. The Labute approximate surface area is 130 Å². The van der Waals surface area contributed by atoms with E-state index >= 15 is 0 Å². The first-order chi connectivity index (χ1) is 10.2. The molecule has 3 nitrogen and oxygen atoms in total. The lowest BCUT2D eigenvalue weighted by atomic mass is 9.94. The van der Waals surface area contributed by atoms with E-state index in [1.807, 2.05) is 6.20 Å². The summed E-state index contributed by atoms with van der Waals surface area (Å²) in [4.78, 5) is 7.26. The Bertz CT molecular complexity index is 393. The first-order valence-corrected chi connectivity index (χ1v) is 8.60. The van der Waals surface area contributed by atoms with Crippen LogP contribution in [0.4, 0.5) is 0 Å². The minimum Gasteiger partial charge on any atom is -0.310 e. The number of rotatable bonds is 7. The molecular formula is C18H31N3. The van der Waals surface area contributed by atoms with E-state index < -0.39 is 0 Å². The fraction of sp³-hybridized carbons (Fsp3) is 0.722. The van der Waals surface area contributed by atoms with Crippen LogP contribution in [-0.4, -0.2) is 28.5 Å². The fourth-order valence-electron chi connectivity index (χ4n) is 3.13. The first kappa shape index (κ1) is 16.4. The smallest absolute Gasteiger partial charge is 0.0544 e. The predicted octanol–water partition coefficient (Wildman–Crippen LogP) is 3.73. The van der Waals surface area contributed by atoms with E-state index in [4.69, 9.17) is 0 Å². The van der Waals surface area contributed by atoms with Crippen LogP contribution in [0.5, 0.6) is 0 Å². The van der Waals surface area contributed by atoms with Gasteiger partial charge in [-0.3, -0.25) is 9.88 Å². The summed E-state index contributed by atoms with van der Waals surface area (Å²) in [5.41, 5.74) is 2.48. The zero-order valence-corrected chi connectivity index (χ0v) is 13.9. The van der Waals surface area contributed by atoms with Crippen molar-refractivity contribution in [2.75, 3.05) is 6.54 Å². The van der Waals surface area contributed by atoms with Crippen LogP contribution in [0.2, 0.25) is 0 Å². The maximum atomic E-state index is 4.66. The number of pyridine rings is 1. The molecule has 0 unspecified atom stereocenters. The zero-order chi connectivity index (χ0) is 15.1. The monoisotopic (exact) mass is 289 g/mol. The summed E-state index contributed by atoms with van der Waals surface area (Å²) in [6.07, 6.45) is 8.97. The first-order valence-electron chi connectivity index (χ1n) is 8.60. The highest BCUT2D eigenvalue weighted by Crippen LogP contribution is 2.23. The highest BCUT2D eigenvalue weighted by molar-refractivity contribution is 5.14. The molecule has 21 heavy (non-hydrogen) atoms. The van der Waals surface area contributed by atoms with Gasteiger partial charge in [-0.1, -0.05) is 46.1 Å². The van der Waals surface area contributed by atoms with Gasteiger partial charge >= 0.3 is 0 Å². The molecular weight excluding hydrogens is 258 g/mol. The van der Waals surface area contributed by atoms with Gasteiger partial charge in [0.05, 0.1) is 5.69 Å². The van der Waals surface area contributed by atoms with E-state index in [0.717, 1.165) is 25.7 Å². The summed E-state index contributed by atoms with van der Waals surface area (Å²) in [5.74, 6) is 0. The maximum absolute atomic E-state index is 4.66. The standard InChI is InChI=1S/C18H31N3/c1-4-21(18-8-6-5-7-9-18)14-17-11-10-16(13-20-17)12-19-15(2)3/h10-11,13,15,18-19H,4-9,12,14H2,1-3H3. The van der Waals surface area contributed by atoms with Gasteiger partial charge in [0.2, 0.25) is 0 Å². The van der Waals surface area contributed by atoms with Gasteiger partial charge in [-0.05, 0) is 31.0 Å². The summed E-state index contributed by atoms with van der Waals surface area (Å²) in [7, 11) is 0. The topological polar surface area (TPSA) is 28.2 Å². The summed E-state index contributed by atoms with van der Waals surface area (Å²) >= 11 is 0. The van der Waals surface area contributed by atoms with E-state index in [2.05, 4.69) is 48.1 Å². The highest BCUT2D eigenvalue weighted by Gasteiger charge is 2.20. The van der Waals surface area contributed by atoms with Crippen molar-refractivity contribution >= 4 is 0 Å². The zero-order valence-electron chi connectivity index (χ0n) is 13.9. The molecule has 1 aromatic heterocycles. The molecule has 0 bridgehead atoms. The van der Waals surface area contributed by atoms with Crippen LogP contribution in [0.15, 0.2) is 18.3 Å². The van der Waals surface area contributed by atoms with Gasteiger partial charge in [0.15, 0.2) is 0 Å². The molecule has 118 valence electrons. The van der Waals surface area contributed by atoms with Gasteiger partial charge in [0.1, 0.15) is 0 Å². The van der Waals surface area contributed by atoms with E-state index in [9.17, 15) is 0 Å². The van der Waals surface area contributed by atoms with Crippen LogP contribution < -0.4 is 5.32 Å². The van der Waals surface area contributed by atoms with Crippen LogP contribution in [-0.2, 0) is 13.1 Å². The number of aromatic nitrogens is 1. The van der Waals surface area contributed by atoms with E-state index in [1.54, 1.807) is 0 Å². The Balaban J connectivity index is 1.88. The summed E-state index contributed by atoms with van der Waals surface area (Å²) in [6, 6.07) is 5.70. The van der Waals surface area contributed by atoms with E-state index in [0.29, 0.717) is 6.04 Å². The SMILES string of the molecule is CCN(Cc1ccc(CNC(C)C)cn1)C1CCCCC1. The Kier molecular flexibility index (Phi) is 6.65. The lowest BCUT2D eigenvalue weighted by Gasteiger charge is -2.33. The molecule has 1 N–H and O–H groups in total. The molecule has 0 radical (unpaired) electrons. The summed E-state index contributed by atoms with van der Waals surface area (Å²) in [6.45, 7) is 9.65. The van der Waals surface area contributed by atoms with Crippen molar-refractivity contribution in [1.82, 2.24) is 15.2 Å². The van der Waals surface area contributed by atoms with Gasteiger partial charge in [0, 0.05) is 31.4 Å². The molecule has 3 heteroatoms. The lowest BCUT2D eigenvalue weighted by molar-refractivity contribution is 0.154. The summed E-state index contributed by atoms with van der Waals surface area (Å²) in [5, 5.41) is 3.43. The highest BCUT2D eigenvalue weighted by atomic mass is 15.2. The second-order valence-corrected chi connectivity index (χ2v) is 6.55. The summed E-state index contributed by atoms with van der Waals surface area (Å²) < 4.78 is 0. The molecule has 0 spiro atoms. The third-order valence-electron chi connectivity index (χ3n) is 4.46. The van der Waals surface area contributed by atoms with Crippen LogP contribution in [0, 0.1) is 0 Å². The molecule has 1 saturated carbocycles. The second-order valence-electron chi connectivity index (χ2n) is 6.55. The second kappa shape index (κ2) is 8.50. The molecule has 0 amide bonds. The maximum Gasteiger partial charge on any atom is 0.0544 e. The van der Waals surface area contributed by atoms with Crippen LogP contribution in [0.25, 0.3) is 0 Å². The fourth-order valence-corrected chi connectivity index (χ4v) is 3.13. The number of nitrogens with one attached hydrogen (secondary N) is 1. The van der Waals surface area contributed by atoms with Gasteiger partial charge in [-0.2, -0.15) is 0 Å². The molecule has 1 aliphatic rings. The molecule has 0 aliphatic heterocycles.